The van der Waals surface area contributed by atoms with E-state index >= 15 is 0 Å². The minimum absolute atomic E-state index is 0.0355. The summed E-state index contributed by atoms with van der Waals surface area (Å²) in [5.74, 6) is 4.49. The van der Waals surface area contributed by atoms with Crippen molar-refractivity contribution in [3.05, 3.63) is 246 Å². The van der Waals surface area contributed by atoms with Gasteiger partial charge in [-0.15, -0.1) is 34.0 Å². The van der Waals surface area contributed by atoms with E-state index < -0.39 is 23.2 Å². The Balaban J connectivity index is 0.000000146. The van der Waals surface area contributed by atoms with Crippen LogP contribution in [0.4, 0.5) is 13.2 Å². The zero-order chi connectivity index (χ0) is 78.1. The van der Waals surface area contributed by atoms with Crippen molar-refractivity contribution in [3.63, 3.8) is 0 Å². The first-order chi connectivity index (χ1) is 53.6. The number of hydrogen-bond acceptors (Lipinski definition) is 18. The molecule has 15 rings (SSSR count). The summed E-state index contributed by atoms with van der Waals surface area (Å²) in [6, 6.07) is 46.6. The van der Waals surface area contributed by atoms with Gasteiger partial charge in [0.15, 0.2) is 17.2 Å². The summed E-state index contributed by atoms with van der Waals surface area (Å²) in [5.41, 5.74) is 3.19. The number of phenolic OH excluding ortho intramolecular Hbond substituents is 3. The largest absolute Gasteiger partial charge is 0.508 e. The molecule has 0 spiro atoms. The van der Waals surface area contributed by atoms with Crippen LogP contribution in [0.1, 0.15) is 114 Å². The third-order valence-electron chi connectivity index (χ3n) is 20.5. The number of nitrogens with zero attached hydrogens (tertiary/aromatic N) is 3. The summed E-state index contributed by atoms with van der Waals surface area (Å²) in [7, 11) is 0. The van der Waals surface area contributed by atoms with Gasteiger partial charge in [0.2, 0.25) is 17.3 Å². The van der Waals surface area contributed by atoms with Crippen LogP contribution in [-0.2, 0) is 0 Å². The van der Waals surface area contributed by atoms with Crippen molar-refractivity contribution < 1.29 is 71.3 Å². The molecule has 0 saturated carbocycles. The molecule has 1 atom stereocenters. The van der Waals surface area contributed by atoms with Crippen molar-refractivity contribution in [2.45, 2.75) is 74.1 Å². The highest BCUT2D eigenvalue weighted by Crippen LogP contribution is 2.47. The van der Waals surface area contributed by atoms with Gasteiger partial charge in [-0.3, -0.25) is 29.1 Å². The van der Waals surface area contributed by atoms with Gasteiger partial charge in [-0.2, -0.15) is 0 Å². The standard InChI is InChI=1S/C31H33NO4S.C29H27ClFNO4S.C29H27F2NO4S/c1-4-22-14-15-32(19-22)16-17-35-24-9-11-25(12-10-24)36-30-26-13-8-23(33)18-27(26)37-31(30)29(34)28-20(2)6-5-7-21(28)3;1-3-18-15-32(16-18)10-11-35-21-5-7-22(8-6-21)36-28-23-9-4-20(33)14-25(23)37-29(28)27(34)26-17(2)12-19(31)13-24(26)30;1-3-18-15-32(16-18)10-11-35-21-5-7-22(8-6-21)36-28-23-9-4-20(33)14-25(23)37-29(28)27(34)26-17(2)12-19(30)13-24(26)31/h5-13,18,22,33H,4,14-17,19H2,1-3H3;2*4-9,12-14,18,33H,3,10-11,15-16H2,1-2H3/t22-;;/m1../s1. The summed E-state index contributed by atoms with van der Waals surface area (Å²) < 4.78 is 80.6. The third kappa shape index (κ3) is 18.8. The van der Waals surface area contributed by atoms with E-state index in [1.54, 1.807) is 85.8 Å². The van der Waals surface area contributed by atoms with E-state index in [4.69, 9.17) is 40.0 Å². The predicted molar refractivity (Wildman–Crippen MR) is 435 cm³/mol. The molecule has 0 bridgehead atoms. The van der Waals surface area contributed by atoms with Gasteiger partial charge in [-0.1, -0.05) is 69.8 Å². The number of benzene rings is 9. The smallest absolute Gasteiger partial charge is 0.210 e. The molecule has 3 fully saturated rings. The Morgan fingerprint density at radius 2 is 0.757 bits per heavy atom. The number of likely N-dealkylation sites (tertiary alicyclic amines) is 3. The predicted octanol–water partition coefficient (Wildman–Crippen LogP) is 21.7. The van der Waals surface area contributed by atoms with Crippen LogP contribution in [-0.4, -0.2) is 126 Å². The van der Waals surface area contributed by atoms with Crippen LogP contribution in [0.15, 0.2) is 170 Å². The molecule has 0 aliphatic carbocycles. The van der Waals surface area contributed by atoms with Gasteiger partial charge in [0.05, 0.1) is 10.6 Å². The van der Waals surface area contributed by atoms with Crippen LogP contribution in [0.5, 0.6) is 69.0 Å². The molecule has 0 radical (unpaired) electrons. The van der Waals surface area contributed by atoms with Gasteiger partial charge in [0, 0.05) is 99.8 Å². The Labute approximate surface area is 660 Å². The Kier molecular flexibility index (Phi) is 25.4. The van der Waals surface area contributed by atoms with Crippen LogP contribution in [0.3, 0.4) is 0 Å². The maximum Gasteiger partial charge on any atom is 0.210 e. The minimum atomic E-state index is -0.932. The fourth-order valence-electron chi connectivity index (χ4n) is 14.2. The molecule has 3 aliphatic heterocycles. The SMILES string of the molecule is CCC1CN(CCOc2ccc(Oc3c(C(=O)c4c(C)cc(F)cc4Cl)sc4cc(O)ccc34)cc2)C1.CCC1CN(CCOc2ccc(Oc3c(C(=O)c4c(C)cc(F)cc4F)sc4cc(O)ccc34)cc2)C1.CC[C@@H]1CCN(CCOc2ccc(Oc3c(C(=O)c4c(C)cccc4C)sc4cc(O)ccc34)cc2)C1. The topological polar surface area (TPSA) is 177 Å². The average Bonchev–Trinajstić information content (AvgIpc) is 1.64. The number of fused-ring (bicyclic) bond motifs is 3. The Morgan fingerprint density at radius 3 is 1.13 bits per heavy atom. The monoisotopic (exact) mass is 1580 g/mol. The van der Waals surface area contributed by atoms with Crippen molar-refractivity contribution in [1.82, 2.24) is 14.7 Å². The molecule has 9 aromatic carbocycles. The highest BCUT2D eigenvalue weighted by Gasteiger charge is 2.31. The molecule has 3 aliphatic rings. The van der Waals surface area contributed by atoms with E-state index in [0.29, 0.717) is 101 Å². The highest BCUT2D eigenvalue weighted by atomic mass is 35.5. The second kappa shape index (κ2) is 35.6. The number of hydrogen-bond donors (Lipinski definition) is 3. The van der Waals surface area contributed by atoms with E-state index in [0.717, 1.165) is 126 Å². The minimum Gasteiger partial charge on any atom is -0.508 e. The number of carbonyl (C=O) groups excluding carboxylic acids is 3. The fourth-order valence-corrected chi connectivity index (χ4v) is 17.8. The van der Waals surface area contributed by atoms with Crippen molar-refractivity contribution in [1.29, 1.82) is 0 Å². The van der Waals surface area contributed by atoms with Crippen molar-refractivity contribution in [3.8, 4) is 69.0 Å². The van der Waals surface area contributed by atoms with Crippen LogP contribution in [0.2, 0.25) is 5.02 Å². The van der Waals surface area contributed by atoms with E-state index in [2.05, 4.69) is 35.5 Å². The first-order valence-electron chi connectivity index (χ1n) is 37.3. The first-order valence-corrected chi connectivity index (χ1v) is 40.2. The molecule has 0 unspecified atom stereocenters. The molecule has 0 amide bonds. The summed E-state index contributed by atoms with van der Waals surface area (Å²) in [6.45, 7) is 25.2. The number of carbonyl (C=O) groups is 3. The summed E-state index contributed by atoms with van der Waals surface area (Å²) in [4.78, 5) is 49.0. The van der Waals surface area contributed by atoms with Gasteiger partial charge < -0.3 is 43.7 Å². The number of ketones is 3. The van der Waals surface area contributed by atoms with Gasteiger partial charge >= 0.3 is 0 Å². The number of phenols is 3. The molecule has 22 heteroatoms. The second-order valence-corrected chi connectivity index (χ2v) is 32.0. The quantitative estimate of drug-likeness (QED) is 0.0414. The maximum atomic E-state index is 14.6. The fraction of sp³-hybridized carbons (Fsp3) is 0.292. The molecule has 3 aromatic heterocycles. The number of thiophene rings is 3. The van der Waals surface area contributed by atoms with Gasteiger partial charge in [0.25, 0.3) is 0 Å². The molecule has 3 saturated heterocycles. The number of aryl methyl sites for hydroxylation is 4. The molecule has 111 heavy (non-hydrogen) atoms. The van der Waals surface area contributed by atoms with Gasteiger partial charge in [-0.05, 0) is 226 Å². The molecular weight excluding hydrogens is 1490 g/mol. The van der Waals surface area contributed by atoms with Crippen molar-refractivity contribution >= 4 is 93.2 Å². The zero-order valence-corrected chi connectivity index (χ0v) is 66.0. The van der Waals surface area contributed by atoms with Gasteiger partial charge in [0.1, 0.15) is 104 Å². The average molecular weight is 1580 g/mol. The molecule has 12 aromatic rings. The highest BCUT2D eigenvalue weighted by molar-refractivity contribution is 7.22. The summed E-state index contributed by atoms with van der Waals surface area (Å²) in [6.07, 6.45) is 4.97. The lowest BCUT2D eigenvalue weighted by atomic mass is 9.98. The lowest BCUT2D eigenvalue weighted by Gasteiger charge is -2.38. The molecule has 6 heterocycles. The Bertz CT molecular complexity index is 5060. The van der Waals surface area contributed by atoms with Crippen LogP contribution in [0, 0.1) is 62.9 Å². The van der Waals surface area contributed by atoms with Gasteiger partial charge in [-0.25, -0.2) is 13.2 Å². The van der Waals surface area contributed by atoms with Crippen molar-refractivity contribution in [2.24, 2.45) is 17.8 Å². The van der Waals surface area contributed by atoms with E-state index in [-0.39, 0.29) is 61.2 Å². The van der Waals surface area contributed by atoms with Crippen molar-refractivity contribution in [2.75, 3.05) is 78.7 Å². The van der Waals surface area contributed by atoms with Crippen LogP contribution < -0.4 is 28.4 Å². The van der Waals surface area contributed by atoms with Crippen LogP contribution in [0.25, 0.3) is 30.3 Å². The number of rotatable bonds is 27. The number of aromatic hydroxyl groups is 3. The zero-order valence-electron chi connectivity index (χ0n) is 62.8. The third-order valence-corrected chi connectivity index (χ3v) is 24.2. The molecule has 576 valence electrons. The van der Waals surface area contributed by atoms with E-state index in [1.165, 1.54) is 80.0 Å². The van der Waals surface area contributed by atoms with E-state index in [1.807, 2.05) is 68.4 Å². The lowest BCUT2D eigenvalue weighted by Crippen LogP contribution is -2.47. The number of halogens is 4. The molecular formula is C89H87ClF3N3O12S3. The lowest BCUT2D eigenvalue weighted by molar-refractivity contribution is 0.0806. The Morgan fingerprint density at radius 1 is 0.414 bits per heavy atom. The molecule has 3 N–H and O–H groups in total. The number of ether oxygens (including phenoxy) is 6. The maximum absolute atomic E-state index is 14.6. The molecule has 15 nitrogen and oxygen atoms in total. The summed E-state index contributed by atoms with van der Waals surface area (Å²) >= 11 is 9.89. The summed E-state index contributed by atoms with van der Waals surface area (Å²) in [5, 5.41) is 32.1. The first kappa shape index (κ1) is 79.1. The second-order valence-electron chi connectivity index (χ2n) is 28.4. The van der Waals surface area contributed by atoms with Crippen LogP contribution >= 0.6 is 45.6 Å². The Hall–Kier alpha value is -9.97. The normalized spacial score (nSPS) is 14.6. The van der Waals surface area contributed by atoms with E-state index in [9.17, 15) is 42.9 Å².